The molecular weight excluding hydrogens is 514 g/mol. The monoisotopic (exact) mass is 553 g/mol. The molecule has 0 aliphatic heterocycles. The van der Waals surface area contributed by atoms with E-state index in [9.17, 15) is 4.79 Å². The van der Waals surface area contributed by atoms with Gasteiger partial charge < -0.3 is 16.8 Å². The highest BCUT2D eigenvalue weighted by molar-refractivity contribution is 6.03. The van der Waals surface area contributed by atoms with E-state index in [0.29, 0.717) is 18.1 Å². The van der Waals surface area contributed by atoms with E-state index >= 15 is 0 Å². The molecule has 1 aliphatic rings. The second kappa shape index (κ2) is 11.6. The molecule has 0 saturated heterocycles. The number of aryl methyl sites for hydroxylation is 1. The molecule has 10 heteroatoms. The fourth-order valence-electron chi connectivity index (χ4n) is 5.22. The van der Waals surface area contributed by atoms with Crippen LogP contribution in [0.3, 0.4) is 0 Å². The van der Waals surface area contributed by atoms with Crippen LogP contribution in [0, 0.1) is 6.92 Å². The number of anilines is 2. The summed E-state index contributed by atoms with van der Waals surface area (Å²) in [6, 6.07) is 17.8. The molecule has 41 heavy (non-hydrogen) atoms. The second-order valence-electron chi connectivity index (χ2n) is 11.8. The third-order valence-electron chi connectivity index (χ3n) is 7.40. The van der Waals surface area contributed by atoms with Crippen LogP contribution in [0.15, 0.2) is 59.6 Å². The number of hydrogen-bond donors (Lipinski definition) is 4. The number of nitrogens with zero attached hydrogens (tertiary/aromatic N) is 5. The molecule has 10 nitrogen and oxygen atoms in total. The first-order valence-electron chi connectivity index (χ1n) is 14.1. The van der Waals surface area contributed by atoms with Gasteiger partial charge in [0.05, 0.1) is 29.8 Å². The number of nitrogens with one attached hydrogen (secondary N) is 2. The first kappa shape index (κ1) is 28.1. The second-order valence-corrected chi connectivity index (χ2v) is 11.8. The predicted molar refractivity (Wildman–Crippen MR) is 164 cm³/mol. The average molecular weight is 554 g/mol. The molecule has 214 valence electrons. The van der Waals surface area contributed by atoms with E-state index in [-0.39, 0.29) is 35.3 Å². The summed E-state index contributed by atoms with van der Waals surface area (Å²) in [5, 5.41) is 12.2. The van der Waals surface area contributed by atoms with E-state index in [1.54, 1.807) is 4.68 Å². The van der Waals surface area contributed by atoms with E-state index in [0.717, 1.165) is 53.4 Å². The molecule has 2 heterocycles. The van der Waals surface area contributed by atoms with Crippen LogP contribution in [0.25, 0.3) is 10.9 Å². The lowest BCUT2D eigenvalue weighted by molar-refractivity contribution is 0.101. The van der Waals surface area contributed by atoms with Gasteiger partial charge in [0.15, 0.2) is 5.96 Å². The minimum Gasteiger partial charge on any atom is -0.370 e. The first-order valence-corrected chi connectivity index (χ1v) is 14.1. The molecule has 2 atom stereocenters. The van der Waals surface area contributed by atoms with Gasteiger partial charge in [-0.15, -0.1) is 0 Å². The number of rotatable bonds is 7. The van der Waals surface area contributed by atoms with Crippen molar-refractivity contribution < 1.29 is 4.79 Å². The molecule has 2 unspecified atom stereocenters. The summed E-state index contributed by atoms with van der Waals surface area (Å²) < 4.78 is 1.75. The maximum Gasteiger partial charge on any atom is 0.276 e. The summed E-state index contributed by atoms with van der Waals surface area (Å²) in [6.45, 7) is 8.74. The number of aliphatic imine (C=N–C) groups is 1. The van der Waals surface area contributed by atoms with Crippen molar-refractivity contribution in [3.8, 4) is 0 Å². The van der Waals surface area contributed by atoms with Crippen LogP contribution in [-0.2, 0) is 12.0 Å². The topological polar surface area (TPSA) is 149 Å². The largest absolute Gasteiger partial charge is 0.370 e. The average Bonchev–Trinajstić information content (AvgIpc) is 3.35. The molecule has 2 aromatic carbocycles. The smallest absolute Gasteiger partial charge is 0.276 e. The van der Waals surface area contributed by atoms with E-state index in [4.69, 9.17) is 26.5 Å². The zero-order chi connectivity index (χ0) is 29.1. The van der Waals surface area contributed by atoms with Crippen LogP contribution in [0.4, 0.5) is 11.8 Å². The number of amides is 1. The number of nitrogens with two attached hydrogens (primary N) is 2. The molecule has 2 aromatic heterocycles. The van der Waals surface area contributed by atoms with Crippen LogP contribution < -0.4 is 22.1 Å². The molecule has 0 spiro atoms. The molecule has 6 N–H and O–H groups in total. The Morgan fingerprint density at radius 2 is 1.80 bits per heavy atom. The third kappa shape index (κ3) is 6.65. The van der Waals surface area contributed by atoms with Crippen molar-refractivity contribution in [3.63, 3.8) is 0 Å². The van der Waals surface area contributed by atoms with Gasteiger partial charge in [-0.2, -0.15) is 10.1 Å². The third-order valence-corrected chi connectivity index (χ3v) is 7.40. The van der Waals surface area contributed by atoms with Crippen LogP contribution in [0.1, 0.15) is 73.8 Å². The van der Waals surface area contributed by atoms with Gasteiger partial charge >= 0.3 is 0 Å². The summed E-state index contributed by atoms with van der Waals surface area (Å²) >= 11 is 0. The zero-order valence-electron chi connectivity index (χ0n) is 24.2. The molecule has 1 amide bonds. The number of guanidine groups is 1. The molecule has 0 radical (unpaired) electrons. The van der Waals surface area contributed by atoms with Gasteiger partial charge in [0.2, 0.25) is 5.95 Å². The van der Waals surface area contributed by atoms with Crippen molar-refractivity contribution in [3.05, 3.63) is 77.1 Å². The van der Waals surface area contributed by atoms with Gasteiger partial charge in [0.1, 0.15) is 11.5 Å². The Labute approximate surface area is 240 Å². The Kier molecular flexibility index (Phi) is 7.92. The minimum absolute atomic E-state index is 0.00895. The Morgan fingerprint density at radius 1 is 1.05 bits per heavy atom. The van der Waals surface area contributed by atoms with Crippen LogP contribution in [0.2, 0.25) is 0 Å². The van der Waals surface area contributed by atoms with Gasteiger partial charge in [0.25, 0.3) is 5.91 Å². The van der Waals surface area contributed by atoms with E-state index < -0.39 is 0 Å². The van der Waals surface area contributed by atoms with Crippen LogP contribution in [0.5, 0.6) is 0 Å². The summed E-state index contributed by atoms with van der Waals surface area (Å²) in [4.78, 5) is 27.7. The number of carbonyl (C=O) groups is 1. The van der Waals surface area contributed by atoms with Crippen molar-refractivity contribution in [2.45, 2.75) is 77.4 Å². The maximum atomic E-state index is 13.7. The van der Waals surface area contributed by atoms with Crippen LogP contribution in [-0.4, -0.2) is 43.7 Å². The summed E-state index contributed by atoms with van der Waals surface area (Å²) in [6.07, 6.45) is 3.94. The normalized spacial score (nSPS) is 17.3. The van der Waals surface area contributed by atoms with Gasteiger partial charge in [-0.05, 0) is 43.5 Å². The van der Waals surface area contributed by atoms with E-state index in [1.807, 2.05) is 61.5 Å². The number of fused-ring (bicyclic) bond motifs is 1. The Balaban J connectivity index is 1.49. The maximum absolute atomic E-state index is 13.7. The highest BCUT2D eigenvalue weighted by atomic mass is 16.2. The molecule has 1 saturated carbocycles. The van der Waals surface area contributed by atoms with Crippen molar-refractivity contribution in [2.24, 2.45) is 16.5 Å². The molecule has 5 rings (SSSR count). The fraction of sp³-hybridized carbons (Fsp3) is 0.387. The van der Waals surface area contributed by atoms with Gasteiger partial charge in [-0.3, -0.25) is 14.8 Å². The number of benzene rings is 2. The van der Waals surface area contributed by atoms with Crippen molar-refractivity contribution >= 4 is 34.5 Å². The molecule has 1 aliphatic carbocycles. The lowest BCUT2D eigenvalue weighted by Gasteiger charge is -2.30. The minimum atomic E-state index is -0.322. The highest BCUT2D eigenvalue weighted by Gasteiger charge is 2.27. The van der Waals surface area contributed by atoms with Gasteiger partial charge in [-0.1, -0.05) is 75.6 Å². The number of hydrogen-bond acceptors (Lipinski definition) is 6. The molecule has 4 aromatic rings. The lowest BCUT2D eigenvalue weighted by atomic mass is 9.90. The molecule has 0 bridgehead atoms. The number of carbonyl (C=O) groups excluding carboxylic acids is 1. The Morgan fingerprint density at radius 3 is 2.54 bits per heavy atom. The first-order chi connectivity index (χ1) is 19.6. The van der Waals surface area contributed by atoms with Crippen molar-refractivity contribution in [2.75, 3.05) is 10.6 Å². The van der Waals surface area contributed by atoms with Gasteiger partial charge in [-0.25, -0.2) is 9.98 Å². The Hall–Kier alpha value is -4.47. The van der Waals surface area contributed by atoms with Gasteiger partial charge in [0, 0.05) is 10.8 Å². The quantitative estimate of drug-likeness (QED) is 0.191. The SMILES string of the molecule is Cc1ccc2nc(NC(=O)c3cc(C(C)(C)C)nn3Cc3ccccc3)nc(NC3CCCCC3N=C(N)N)c2c1. The van der Waals surface area contributed by atoms with Crippen molar-refractivity contribution in [1.29, 1.82) is 0 Å². The standard InChI is InChI=1S/C31H39N9O/c1-19-14-15-22-21(16-19)27(34-23-12-8-9-13-24(23)35-29(32)33)37-30(36-22)38-28(41)25-17-26(31(2,3)4)39-40(25)18-20-10-6-5-7-11-20/h5-7,10-11,14-17,23-24H,8-9,12-13,18H2,1-4H3,(H4,32,33,35)(H2,34,36,37,38,41). The van der Waals surface area contributed by atoms with Crippen molar-refractivity contribution in [1.82, 2.24) is 19.7 Å². The Bertz CT molecular complexity index is 1570. The summed E-state index contributed by atoms with van der Waals surface area (Å²) in [7, 11) is 0. The fourth-order valence-corrected chi connectivity index (χ4v) is 5.22. The molecular formula is C31H39N9O. The zero-order valence-corrected chi connectivity index (χ0v) is 24.2. The lowest BCUT2D eigenvalue weighted by Crippen LogP contribution is -2.38. The molecule has 1 fully saturated rings. The van der Waals surface area contributed by atoms with Crippen LogP contribution >= 0.6 is 0 Å². The predicted octanol–water partition coefficient (Wildman–Crippen LogP) is 4.73. The summed E-state index contributed by atoms with van der Waals surface area (Å²) in [5.41, 5.74) is 15.4. The number of aromatic nitrogens is 4. The van der Waals surface area contributed by atoms with E-state index in [1.165, 1.54) is 0 Å². The van der Waals surface area contributed by atoms with E-state index in [2.05, 4.69) is 36.4 Å². The highest BCUT2D eigenvalue weighted by Crippen LogP contribution is 2.29. The summed E-state index contributed by atoms with van der Waals surface area (Å²) in [5.74, 6) is 0.622.